The second-order valence-electron chi connectivity index (χ2n) is 6.92. The molecule has 0 amide bonds. The minimum Gasteiger partial charge on any atom is -0.225 e. The van der Waals surface area contributed by atoms with Gasteiger partial charge >= 0.3 is 0 Å². The number of fused-ring (bicyclic) bond motifs is 1. The van der Waals surface area contributed by atoms with Crippen LogP contribution in [0.5, 0.6) is 0 Å². The van der Waals surface area contributed by atoms with E-state index in [2.05, 4.69) is 110 Å². The molecule has 1 aliphatic heterocycles. The Labute approximate surface area is 150 Å². The maximum absolute atomic E-state index is 2.52. The fourth-order valence-corrected chi connectivity index (χ4v) is 4.11. The van der Waals surface area contributed by atoms with Gasteiger partial charge in [-0.3, -0.25) is 0 Å². The topological polar surface area (TPSA) is 3.01 Å². The Morgan fingerprint density at radius 2 is 1.36 bits per heavy atom. The lowest BCUT2D eigenvalue weighted by Crippen LogP contribution is -2.37. The lowest BCUT2D eigenvalue weighted by Gasteiger charge is -2.30. The molecule has 3 aromatic rings. The highest BCUT2D eigenvalue weighted by Gasteiger charge is 2.37. The quantitative estimate of drug-likeness (QED) is 0.566. The van der Waals surface area contributed by atoms with Crippen LogP contribution in [0.3, 0.4) is 0 Å². The van der Waals surface area contributed by atoms with Crippen LogP contribution in [0.25, 0.3) is 0 Å². The summed E-state index contributed by atoms with van der Waals surface area (Å²) in [6, 6.07) is 31.3. The van der Waals surface area contributed by atoms with E-state index >= 15 is 0 Å². The lowest BCUT2D eigenvalue weighted by atomic mass is 9.80. The molecule has 0 unspecified atom stereocenters. The highest BCUT2D eigenvalue weighted by Crippen LogP contribution is 2.36. The summed E-state index contributed by atoms with van der Waals surface area (Å²) in [6.07, 6.45) is 2.34. The zero-order valence-electron chi connectivity index (χ0n) is 14.8. The first-order chi connectivity index (χ1) is 12.3. The van der Waals surface area contributed by atoms with Crippen LogP contribution in [-0.2, 0) is 0 Å². The molecule has 0 N–H and O–H groups in total. The lowest BCUT2D eigenvalue weighted by molar-refractivity contribution is -0.600. The van der Waals surface area contributed by atoms with E-state index in [-0.39, 0.29) is 0 Å². The van der Waals surface area contributed by atoms with Crippen LogP contribution in [0.15, 0.2) is 84.9 Å². The van der Waals surface area contributed by atoms with Crippen molar-refractivity contribution in [2.75, 3.05) is 0 Å². The van der Waals surface area contributed by atoms with Gasteiger partial charge in [-0.05, 0) is 24.1 Å². The van der Waals surface area contributed by atoms with Gasteiger partial charge in [-0.1, -0.05) is 78.9 Å². The largest absolute Gasteiger partial charge is 0.225 e. The van der Waals surface area contributed by atoms with Gasteiger partial charge in [0.1, 0.15) is 0 Å². The van der Waals surface area contributed by atoms with E-state index < -0.39 is 0 Å². The Morgan fingerprint density at radius 3 is 2.08 bits per heavy atom. The van der Waals surface area contributed by atoms with Crippen LogP contribution >= 0.6 is 0 Å². The van der Waals surface area contributed by atoms with E-state index in [1.165, 1.54) is 22.3 Å². The molecule has 4 rings (SSSR count). The van der Waals surface area contributed by atoms with Crippen molar-refractivity contribution in [3.05, 3.63) is 107 Å². The Morgan fingerprint density at radius 1 is 0.760 bits per heavy atom. The van der Waals surface area contributed by atoms with Crippen molar-refractivity contribution in [2.24, 2.45) is 0 Å². The van der Waals surface area contributed by atoms with Crippen LogP contribution in [-0.4, -0.2) is 16.8 Å². The third kappa shape index (κ3) is 2.91. The van der Waals surface area contributed by atoms with E-state index in [1.54, 1.807) is 0 Å². The van der Waals surface area contributed by atoms with Crippen molar-refractivity contribution in [3.8, 4) is 0 Å². The summed E-state index contributed by atoms with van der Waals surface area (Å²) in [5.74, 6) is 0.383. The Bertz CT molecular complexity index is 880. The minimum absolute atomic E-state index is 0.343. The smallest absolute Gasteiger partial charge is 0.175 e. The van der Waals surface area contributed by atoms with Crippen LogP contribution in [0, 0.1) is 0 Å². The highest BCUT2D eigenvalue weighted by molar-refractivity contribution is 5.80. The molecule has 1 nitrogen and oxygen atoms in total. The van der Waals surface area contributed by atoms with Crippen molar-refractivity contribution in [3.63, 3.8) is 0 Å². The highest BCUT2D eigenvalue weighted by atomic mass is 15.1. The first-order valence-electron chi connectivity index (χ1n) is 9.07. The molecule has 0 bridgehead atoms. The van der Waals surface area contributed by atoms with Gasteiger partial charge < -0.3 is 0 Å². The molecule has 1 heterocycles. The monoisotopic (exact) mass is 326 g/mol. The van der Waals surface area contributed by atoms with Crippen molar-refractivity contribution >= 4 is 6.21 Å². The van der Waals surface area contributed by atoms with Crippen LogP contribution in [0.4, 0.5) is 0 Å². The molecular weight excluding hydrogens is 302 g/mol. The molecule has 124 valence electrons. The zero-order valence-corrected chi connectivity index (χ0v) is 14.8. The Kier molecular flexibility index (Phi) is 4.23. The average molecular weight is 326 g/mol. The molecule has 25 heavy (non-hydrogen) atoms. The molecule has 0 aromatic heterocycles. The first-order valence-corrected chi connectivity index (χ1v) is 9.07. The maximum Gasteiger partial charge on any atom is 0.175 e. The molecule has 1 heteroatoms. The maximum atomic E-state index is 2.52. The summed E-state index contributed by atoms with van der Waals surface area (Å²) in [5, 5.41) is 0. The number of rotatable bonds is 3. The summed E-state index contributed by atoms with van der Waals surface area (Å²) in [7, 11) is 0. The summed E-state index contributed by atoms with van der Waals surface area (Å²) in [4.78, 5) is 0. The molecule has 1 aliphatic rings. The standard InChI is InChI=1S/C24H24N/c1-18(20-11-5-3-6-12-20)25-17-22-15-9-10-16-23(22)24(19(25)2)21-13-7-4-8-14-21/h3-19,24H,1-2H3/q+1/t18-,19-,24+/m1/s1. The van der Waals surface area contributed by atoms with Gasteiger partial charge in [-0.25, -0.2) is 4.58 Å². The van der Waals surface area contributed by atoms with Gasteiger partial charge in [-0.15, -0.1) is 0 Å². The van der Waals surface area contributed by atoms with E-state index in [0.29, 0.717) is 18.0 Å². The molecule has 0 saturated carbocycles. The number of nitrogens with zero attached hydrogens (tertiary/aromatic N) is 1. The third-order valence-electron chi connectivity index (χ3n) is 5.46. The number of hydrogen-bond donors (Lipinski definition) is 0. The second kappa shape index (κ2) is 6.68. The van der Waals surface area contributed by atoms with Crippen molar-refractivity contribution in [2.45, 2.75) is 31.8 Å². The van der Waals surface area contributed by atoms with Gasteiger partial charge in [0.15, 0.2) is 18.3 Å². The van der Waals surface area contributed by atoms with Crippen LogP contribution in [0.1, 0.15) is 48.1 Å². The van der Waals surface area contributed by atoms with E-state index in [0.717, 1.165) is 0 Å². The predicted molar refractivity (Wildman–Crippen MR) is 104 cm³/mol. The molecule has 0 fully saturated rings. The fraction of sp³-hybridized carbons (Fsp3) is 0.208. The van der Waals surface area contributed by atoms with Gasteiger partial charge in [0.2, 0.25) is 0 Å². The molecule has 0 radical (unpaired) electrons. The van der Waals surface area contributed by atoms with E-state index in [4.69, 9.17) is 0 Å². The second-order valence-corrected chi connectivity index (χ2v) is 6.92. The van der Waals surface area contributed by atoms with Crippen molar-refractivity contribution < 1.29 is 4.58 Å². The zero-order chi connectivity index (χ0) is 17.2. The molecule has 0 spiro atoms. The van der Waals surface area contributed by atoms with E-state index in [1.807, 2.05) is 0 Å². The van der Waals surface area contributed by atoms with Gasteiger partial charge in [-0.2, -0.15) is 0 Å². The first kappa shape index (κ1) is 15.8. The molecule has 0 aliphatic carbocycles. The average Bonchev–Trinajstić information content (AvgIpc) is 2.68. The van der Waals surface area contributed by atoms with Gasteiger partial charge in [0.25, 0.3) is 0 Å². The molecular formula is C24H24N+. The Hall–Kier alpha value is -2.67. The predicted octanol–water partition coefficient (Wildman–Crippen LogP) is 5.41. The van der Waals surface area contributed by atoms with Crippen LogP contribution < -0.4 is 0 Å². The van der Waals surface area contributed by atoms with Crippen molar-refractivity contribution in [1.82, 2.24) is 0 Å². The fourth-order valence-electron chi connectivity index (χ4n) is 4.11. The summed E-state index contributed by atoms with van der Waals surface area (Å²) < 4.78 is 2.52. The SMILES string of the molecule is C[C@H](c1ccccc1)[N+]1=Cc2ccccc2[C@H](c2ccccc2)[C@H]1C. The number of hydrogen-bond acceptors (Lipinski definition) is 0. The summed E-state index contributed by atoms with van der Waals surface area (Å²) >= 11 is 0. The normalized spacial score (nSPS) is 20.5. The Balaban J connectivity index is 1.83. The minimum atomic E-state index is 0.343. The summed E-state index contributed by atoms with van der Waals surface area (Å²) in [6.45, 7) is 4.65. The molecule has 3 aromatic carbocycles. The summed E-state index contributed by atoms with van der Waals surface area (Å²) in [5.41, 5.74) is 5.51. The van der Waals surface area contributed by atoms with Gasteiger partial charge in [0, 0.05) is 18.1 Å². The molecule has 0 saturated heterocycles. The van der Waals surface area contributed by atoms with Gasteiger partial charge in [0.05, 0.1) is 5.92 Å². The van der Waals surface area contributed by atoms with Crippen molar-refractivity contribution in [1.29, 1.82) is 0 Å². The number of benzene rings is 3. The van der Waals surface area contributed by atoms with Crippen LogP contribution in [0.2, 0.25) is 0 Å². The molecule has 3 atom stereocenters. The third-order valence-corrected chi connectivity index (χ3v) is 5.46. The van der Waals surface area contributed by atoms with E-state index in [9.17, 15) is 0 Å².